The minimum Gasteiger partial charge on any atom is -0.347 e. The molecule has 0 saturated carbocycles. The van der Waals surface area contributed by atoms with Crippen molar-refractivity contribution in [1.29, 1.82) is 0 Å². The highest BCUT2D eigenvalue weighted by Crippen LogP contribution is 2.37. The van der Waals surface area contributed by atoms with Crippen LogP contribution in [0.4, 0.5) is 0 Å². The first-order valence-corrected chi connectivity index (χ1v) is 15.0. The molecule has 0 radical (unpaired) electrons. The molecule has 0 fully saturated rings. The molecular formula is C35H35N7O2. The number of amides is 2. The molecular weight excluding hydrogens is 550 g/mol. The Balaban J connectivity index is 1.22. The Morgan fingerprint density at radius 3 is 2.64 bits per heavy atom. The van der Waals surface area contributed by atoms with E-state index in [0.717, 1.165) is 69.0 Å². The molecule has 9 heteroatoms. The lowest BCUT2D eigenvalue weighted by molar-refractivity contribution is -0.136. The topological polar surface area (TPSA) is 106 Å². The van der Waals surface area contributed by atoms with E-state index >= 15 is 0 Å². The van der Waals surface area contributed by atoms with Gasteiger partial charge in [0.25, 0.3) is 5.91 Å². The number of nitrogens with one attached hydrogen (secondary N) is 1. The summed E-state index contributed by atoms with van der Waals surface area (Å²) in [6.07, 6.45) is 8.77. The van der Waals surface area contributed by atoms with Crippen LogP contribution in [0.1, 0.15) is 59.7 Å². The molecule has 44 heavy (non-hydrogen) atoms. The molecule has 1 unspecified atom stereocenters. The number of hydrogen-bond donors (Lipinski definition) is 1. The smallest absolute Gasteiger partial charge is 0.270 e. The van der Waals surface area contributed by atoms with Gasteiger partial charge >= 0.3 is 0 Å². The van der Waals surface area contributed by atoms with Crippen molar-refractivity contribution in [2.24, 2.45) is 0 Å². The Bertz CT molecular complexity index is 1890. The van der Waals surface area contributed by atoms with Crippen LogP contribution in [0.15, 0.2) is 73.1 Å². The number of imidazole rings is 1. The predicted molar refractivity (Wildman–Crippen MR) is 172 cm³/mol. The van der Waals surface area contributed by atoms with Crippen LogP contribution in [0.3, 0.4) is 0 Å². The number of fused-ring (bicyclic) bond motifs is 2. The molecule has 1 aliphatic heterocycles. The molecule has 1 aliphatic rings. The van der Waals surface area contributed by atoms with Gasteiger partial charge in [0.15, 0.2) is 0 Å². The number of hydrogen-bond acceptors (Lipinski definition) is 6. The second-order valence-corrected chi connectivity index (χ2v) is 11.0. The van der Waals surface area contributed by atoms with Gasteiger partial charge in [0.2, 0.25) is 5.91 Å². The zero-order valence-corrected chi connectivity index (χ0v) is 25.4. The van der Waals surface area contributed by atoms with E-state index < -0.39 is 0 Å². The molecule has 1 aromatic carbocycles. The van der Waals surface area contributed by atoms with Crippen LogP contribution in [0, 0.1) is 6.92 Å². The molecule has 5 aromatic rings. The fraction of sp³-hybridized carbons (Fsp3) is 0.257. The first kappa shape index (κ1) is 28.9. The quantitative estimate of drug-likeness (QED) is 0.247. The van der Waals surface area contributed by atoms with Gasteiger partial charge in [-0.1, -0.05) is 44.2 Å². The lowest BCUT2D eigenvalue weighted by Crippen LogP contribution is -2.40. The van der Waals surface area contributed by atoms with Crippen molar-refractivity contribution < 1.29 is 9.59 Å². The Hall–Kier alpha value is -5.18. The van der Waals surface area contributed by atoms with E-state index in [0.29, 0.717) is 18.8 Å². The molecule has 1 N–H and O–H groups in total. The molecule has 2 amide bonds. The van der Waals surface area contributed by atoms with Crippen molar-refractivity contribution in [2.75, 3.05) is 13.6 Å². The third-order valence-corrected chi connectivity index (χ3v) is 8.04. The lowest BCUT2D eigenvalue weighted by atomic mass is 10.00. The number of nitrogens with zero attached hydrogens (tertiary/aromatic N) is 6. The number of carbonyl (C=O) groups excluding carboxylic acids is 2. The zero-order chi connectivity index (χ0) is 30.8. The van der Waals surface area contributed by atoms with Gasteiger partial charge in [-0.05, 0) is 55.1 Å². The molecule has 4 aromatic heterocycles. The summed E-state index contributed by atoms with van der Waals surface area (Å²) in [5, 5.41) is 4.88. The van der Waals surface area contributed by atoms with Gasteiger partial charge in [-0.3, -0.25) is 24.5 Å². The first-order chi connectivity index (χ1) is 21.4. The number of aromatic nitrogens is 5. The van der Waals surface area contributed by atoms with Gasteiger partial charge in [-0.2, -0.15) is 0 Å². The third kappa shape index (κ3) is 5.48. The van der Waals surface area contributed by atoms with Crippen LogP contribution in [0.25, 0.3) is 39.4 Å². The standard InChI is InChI=1S/C35H35N7O2/c1-5-30-35(44)41(4)21-31-33(40-32(6-2)42(30)31)26-14-8-11-23-18-29(38-20-27(23)26)24-15-16-28(37-19-24)34(43)36-17-9-13-25-12-7-10-22(3)39-25/h7-16,18-20,30H,5-6,17,21H2,1-4H3,(H,36,43)/b13-9+. The zero-order valence-electron chi connectivity index (χ0n) is 25.4. The molecule has 222 valence electrons. The monoisotopic (exact) mass is 585 g/mol. The summed E-state index contributed by atoms with van der Waals surface area (Å²) >= 11 is 0. The van der Waals surface area contributed by atoms with E-state index in [1.165, 1.54) is 0 Å². The molecule has 0 spiro atoms. The average molecular weight is 586 g/mol. The van der Waals surface area contributed by atoms with E-state index in [4.69, 9.17) is 9.97 Å². The number of pyridine rings is 3. The number of aryl methyl sites for hydroxylation is 2. The van der Waals surface area contributed by atoms with Crippen LogP contribution in [-0.2, 0) is 17.8 Å². The summed E-state index contributed by atoms with van der Waals surface area (Å²) in [6.45, 7) is 6.96. The van der Waals surface area contributed by atoms with Crippen LogP contribution in [0.2, 0.25) is 0 Å². The number of benzene rings is 1. The second-order valence-electron chi connectivity index (χ2n) is 11.0. The third-order valence-electron chi connectivity index (χ3n) is 8.04. The van der Waals surface area contributed by atoms with Crippen molar-refractivity contribution in [1.82, 2.24) is 34.7 Å². The summed E-state index contributed by atoms with van der Waals surface area (Å²) in [6, 6.07) is 17.4. The van der Waals surface area contributed by atoms with Crippen LogP contribution in [0.5, 0.6) is 0 Å². The van der Waals surface area contributed by atoms with Gasteiger partial charge < -0.3 is 14.8 Å². The van der Waals surface area contributed by atoms with E-state index in [1.807, 2.05) is 75.6 Å². The van der Waals surface area contributed by atoms with Gasteiger partial charge in [-0.25, -0.2) is 4.98 Å². The first-order valence-electron chi connectivity index (χ1n) is 15.0. The van der Waals surface area contributed by atoms with Crippen molar-refractivity contribution in [3.05, 3.63) is 102 Å². The molecule has 0 bridgehead atoms. The summed E-state index contributed by atoms with van der Waals surface area (Å²) in [5.41, 5.74) is 6.68. The molecule has 0 saturated heterocycles. The normalized spacial score (nSPS) is 14.8. The van der Waals surface area contributed by atoms with Crippen LogP contribution < -0.4 is 5.32 Å². The fourth-order valence-electron chi connectivity index (χ4n) is 5.82. The highest BCUT2D eigenvalue weighted by atomic mass is 16.2. The Morgan fingerprint density at radius 2 is 1.89 bits per heavy atom. The Kier molecular flexibility index (Phi) is 8.02. The van der Waals surface area contributed by atoms with Gasteiger partial charge in [0, 0.05) is 54.6 Å². The number of likely N-dealkylation sites (N-methyl/N-ethyl adjacent to an activating group) is 1. The SMILES string of the molecule is CCc1nc(-c2cccc3cc(-c4ccc(C(=O)NC/C=C/c5cccc(C)n5)nc4)ncc23)c2n1C(CC)C(=O)N(C)C2. The maximum absolute atomic E-state index is 12.9. The maximum atomic E-state index is 12.9. The van der Waals surface area contributed by atoms with Gasteiger partial charge in [-0.15, -0.1) is 0 Å². The Morgan fingerprint density at radius 1 is 1.05 bits per heavy atom. The Labute approximate surface area is 256 Å². The molecule has 0 aliphatic carbocycles. The fourth-order valence-corrected chi connectivity index (χ4v) is 5.82. The van der Waals surface area contributed by atoms with Crippen molar-refractivity contribution >= 4 is 28.7 Å². The molecule has 1 atom stereocenters. The van der Waals surface area contributed by atoms with E-state index in [2.05, 4.69) is 38.9 Å². The minimum absolute atomic E-state index is 0.132. The summed E-state index contributed by atoms with van der Waals surface area (Å²) in [5.74, 6) is 0.814. The lowest BCUT2D eigenvalue weighted by Gasteiger charge is -2.32. The summed E-state index contributed by atoms with van der Waals surface area (Å²) in [7, 11) is 1.86. The van der Waals surface area contributed by atoms with Crippen LogP contribution >= 0.6 is 0 Å². The number of rotatable bonds is 8. The maximum Gasteiger partial charge on any atom is 0.270 e. The highest BCUT2D eigenvalue weighted by Gasteiger charge is 2.34. The molecule has 6 rings (SSSR count). The number of carbonyl (C=O) groups is 2. The van der Waals surface area contributed by atoms with Gasteiger partial charge in [0.1, 0.15) is 17.6 Å². The predicted octanol–water partition coefficient (Wildman–Crippen LogP) is 5.79. The van der Waals surface area contributed by atoms with Crippen molar-refractivity contribution in [3.8, 4) is 22.5 Å². The second kappa shape index (κ2) is 12.2. The highest BCUT2D eigenvalue weighted by molar-refractivity contribution is 5.98. The van der Waals surface area contributed by atoms with Gasteiger partial charge in [0.05, 0.1) is 29.3 Å². The largest absolute Gasteiger partial charge is 0.347 e. The molecule has 9 nitrogen and oxygen atoms in total. The average Bonchev–Trinajstić information content (AvgIpc) is 3.40. The van der Waals surface area contributed by atoms with E-state index in [-0.39, 0.29) is 17.9 Å². The minimum atomic E-state index is -0.248. The summed E-state index contributed by atoms with van der Waals surface area (Å²) < 4.78 is 2.15. The van der Waals surface area contributed by atoms with Crippen molar-refractivity contribution in [3.63, 3.8) is 0 Å². The summed E-state index contributed by atoms with van der Waals surface area (Å²) in [4.78, 5) is 46.0. The van der Waals surface area contributed by atoms with E-state index in [1.54, 1.807) is 17.2 Å². The van der Waals surface area contributed by atoms with Crippen molar-refractivity contribution in [2.45, 2.75) is 46.2 Å². The van der Waals surface area contributed by atoms with E-state index in [9.17, 15) is 9.59 Å². The molecule has 5 heterocycles. The van der Waals surface area contributed by atoms with Crippen LogP contribution in [-0.4, -0.2) is 54.8 Å².